The Morgan fingerprint density at radius 1 is 1.24 bits per heavy atom. The van der Waals surface area contributed by atoms with Gasteiger partial charge in [0.25, 0.3) is 5.91 Å². The Hall–Kier alpha value is -2.18. The van der Waals surface area contributed by atoms with E-state index in [1.54, 1.807) is 6.07 Å². The van der Waals surface area contributed by atoms with Gasteiger partial charge >= 0.3 is 6.18 Å². The molecular formula is C14H12F4N2O. The minimum Gasteiger partial charge on any atom is -0.338 e. The summed E-state index contributed by atoms with van der Waals surface area (Å²) in [6.45, 7) is 1.67. The van der Waals surface area contributed by atoms with Crippen molar-refractivity contribution in [3.8, 4) is 0 Å². The van der Waals surface area contributed by atoms with Gasteiger partial charge in [0.1, 0.15) is 11.4 Å². The Morgan fingerprint density at radius 3 is 2.52 bits per heavy atom. The average Bonchev–Trinajstić information content (AvgIpc) is 2.35. The van der Waals surface area contributed by atoms with Crippen LogP contribution in [0.3, 0.4) is 0 Å². The van der Waals surface area contributed by atoms with Gasteiger partial charge in [-0.05, 0) is 32.0 Å². The van der Waals surface area contributed by atoms with Crippen LogP contribution in [0.4, 0.5) is 17.6 Å². The van der Waals surface area contributed by atoms with Crippen molar-refractivity contribution in [2.45, 2.75) is 25.6 Å². The number of fused-ring (bicyclic) bond motifs is 1. The summed E-state index contributed by atoms with van der Waals surface area (Å²) < 4.78 is 51.9. The van der Waals surface area contributed by atoms with E-state index in [2.05, 4.69) is 4.98 Å². The van der Waals surface area contributed by atoms with Gasteiger partial charge in [-0.2, -0.15) is 13.2 Å². The van der Waals surface area contributed by atoms with Crippen molar-refractivity contribution in [1.82, 2.24) is 10.3 Å². The van der Waals surface area contributed by atoms with Crippen LogP contribution in [-0.2, 0) is 0 Å². The van der Waals surface area contributed by atoms with Crippen LogP contribution in [0.1, 0.15) is 24.2 Å². The first-order chi connectivity index (χ1) is 9.62. The van der Waals surface area contributed by atoms with Crippen molar-refractivity contribution in [1.29, 1.82) is 0 Å². The standard InChI is InChI=1S/C14H12F4N2O/c1-13(2,14(16,17)18)20-12(21)10-7-9(15)6-8-4-3-5-19-11(8)10/h3-7H,1-2H3,(H,20,21). The molecule has 0 atom stereocenters. The van der Waals surface area contributed by atoms with E-state index in [-0.39, 0.29) is 11.1 Å². The number of nitrogens with one attached hydrogen (secondary N) is 1. The molecule has 7 heteroatoms. The first-order valence-electron chi connectivity index (χ1n) is 6.05. The molecule has 0 spiro atoms. The summed E-state index contributed by atoms with van der Waals surface area (Å²) in [5.41, 5.74) is -2.52. The summed E-state index contributed by atoms with van der Waals surface area (Å²) in [6.07, 6.45) is -3.24. The second kappa shape index (κ2) is 4.98. The van der Waals surface area contributed by atoms with E-state index in [0.717, 1.165) is 26.0 Å². The minimum absolute atomic E-state index is 0.148. The Balaban J connectivity index is 2.45. The number of aromatic nitrogens is 1. The predicted octanol–water partition coefficient (Wildman–Crippen LogP) is 3.44. The van der Waals surface area contributed by atoms with Crippen LogP contribution in [0.5, 0.6) is 0 Å². The smallest absolute Gasteiger partial charge is 0.338 e. The molecule has 1 aromatic heterocycles. The van der Waals surface area contributed by atoms with E-state index in [1.807, 2.05) is 5.32 Å². The number of carbonyl (C=O) groups is 1. The number of benzene rings is 1. The third-order valence-electron chi connectivity index (χ3n) is 3.05. The molecule has 21 heavy (non-hydrogen) atoms. The summed E-state index contributed by atoms with van der Waals surface area (Å²) in [5, 5.41) is 2.20. The highest BCUT2D eigenvalue weighted by atomic mass is 19.4. The number of amides is 1. The number of pyridine rings is 1. The zero-order valence-corrected chi connectivity index (χ0v) is 11.3. The summed E-state index contributed by atoms with van der Waals surface area (Å²) in [5.74, 6) is -1.74. The molecule has 0 saturated carbocycles. The zero-order valence-electron chi connectivity index (χ0n) is 11.3. The van der Waals surface area contributed by atoms with Gasteiger partial charge in [-0.15, -0.1) is 0 Å². The summed E-state index contributed by atoms with van der Waals surface area (Å²) in [4.78, 5) is 16.0. The first-order valence-corrected chi connectivity index (χ1v) is 6.05. The van der Waals surface area contributed by atoms with Crippen molar-refractivity contribution >= 4 is 16.8 Å². The van der Waals surface area contributed by atoms with Gasteiger partial charge < -0.3 is 5.32 Å². The lowest BCUT2D eigenvalue weighted by Gasteiger charge is -2.29. The quantitative estimate of drug-likeness (QED) is 0.863. The number of halogens is 4. The Morgan fingerprint density at radius 2 is 1.90 bits per heavy atom. The zero-order chi connectivity index (χ0) is 15.8. The Labute approximate surface area is 118 Å². The number of hydrogen-bond donors (Lipinski definition) is 1. The fourth-order valence-electron chi connectivity index (χ4n) is 1.75. The number of nitrogens with zero attached hydrogens (tertiary/aromatic N) is 1. The molecule has 0 aliphatic carbocycles. The van der Waals surface area contributed by atoms with Crippen LogP contribution < -0.4 is 5.32 Å². The van der Waals surface area contributed by atoms with Crippen LogP contribution in [-0.4, -0.2) is 22.6 Å². The van der Waals surface area contributed by atoms with Gasteiger partial charge in [-0.25, -0.2) is 4.39 Å². The molecule has 1 N–H and O–H groups in total. The van der Waals surface area contributed by atoms with Crippen LogP contribution >= 0.6 is 0 Å². The monoisotopic (exact) mass is 300 g/mol. The molecule has 0 aliphatic rings. The van der Waals surface area contributed by atoms with E-state index in [0.29, 0.717) is 5.39 Å². The van der Waals surface area contributed by atoms with Crippen molar-refractivity contribution in [2.24, 2.45) is 0 Å². The number of rotatable bonds is 2. The number of alkyl halides is 3. The molecule has 0 unspecified atom stereocenters. The molecule has 1 amide bonds. The molecule has 2 aromatic rings. The number of carbonyl (C=O) groups excluding carboxylic acids is 1. The highest BCUT2D eigenvalue weighted by molar-refractivity contribution is 6.05. The highest BCUT2D eigenvalue weighted by Crippen LogP contribution is 2.30. The second-order valence-corrected chi connectivity index (χ2v) is 5.11. The molecular weight excluding hydrogens is 288 g/mol. The summed E-state index contributed by atoms with van der Waals surface area (Å²) in [6, 6.07) is 5.10. The van der Waals surface area contributed by atoms with Gasteiger partial charge in [0, 0.05) is 11.6 Å². The number of hydrogen-bond acceptors (Lipinski definition) is 2. The molecule has 0 saturated heterocycles. The lowest BCUT2D eigenvalue weighted by molar-refractivity contribution is -0.182. The third kappa shape index (κ3) is 2.96. The maximum Gasteiger partial charge on any atom is 0.410 e. The minimum atomic E-state index is -4.63. The fourth-order valence-corrected chi connectivity index (χ4v) is 1.75. The molecule has 1 aromatic carbocycles. The molecule has 112 valence electrons. The summed E-state index contributed by atoms with van der Waals surface area (Å²) in [7, 11) is 0. The molecule has 0 radical (unpaired) electrons. The fraction of sp³-hybridized carbons (Fsp3) is 0.286. The molecule has 0 aliphatic heterocycles. The average molecular weight is 300 g/mol. The normalized spacial score (nSPS) is 12.5. The Bertz CT molecular complexity index is 695. The van der Waals surface area contributed by atoms with Gasteiger partial charge in [0.05, 0.1) is 11.1 Å². The van der Waals surface area contributed by atoms with Gasteiger partial charge in [0.2, 0.25) is 0 Å². The van der Waals surface area contributed by atoms with Gasteiger partial charge in [-0.1, -0.05) is 6.07 Å². The van der Waals surface area contributed by atoms with Crippen LogP contribution in [0.15, 0.2) is 30.5 Å². The van der Waals surface area contributed by atoms with Gasteiger partial charge in [-0.3, -0.25) is 9.78 Å². The molecule has 3 nitrogen and oxygen atoms in total. The van der Waals surface area contributed by atoms with Crippen LogP contribution in [0.2, 0.25) is 0 Å². The van der Waals surface area contributed by atoms with E-state index in [9.17, 15) is 22.4 Å². The van der Waals surface area contributed by atoms with Gasteiger partial charge in [0.15, 0.2) is 0 Å². The highest BCUT2D eigenvalue weighted by Gasteiger charge is 2.48. The van der Waals surface area contributed by atoms with Crippen LogP contribution in [0.25, 0.3) is 10.9 Å². The SMILES string of the molecule is CC(C)(NC(=O)c1cc(F)cc2cccnc12)C(F)(F)F. The van der Waals surface area contributed by atoms with E-state index in [1.165, 1.54) is 12.3 Å². The maximum absolute atomic E-state index is 13.5. The summed E-state index contributed by atoms with van der Waals surface area (Å²) >= 11 is 0. The van der Waals surface area contributed by atoms with Crippen LogP contribution in [0, 0.1) is 5.82 Å². The van der Waals surface area contributed by atoms with E-state index >= 15 is 0 Å². The van der Waals surface area contributed by atoms with Crippen molar-refractivity contribution < 1.29 is 22.4 Å². The lowest BCUT2D eigenvalue weighted by atomic mass is 10.0. The van der Waals surface area contributed by atoms with Crippen molar-refractivity contribution in [2.75, 3.05) is 0 Å². The van der Waals surface area contributed by atoms with E-state index in [4.69, 9.17) is 0 Å². The van der Waals surface area contributed by atoms with Crippen molar-refractivity contribution in [3.05, 3.63) is 41.8 Å². The molecule has 2 rings (SSSR count). The first kappa shape index (κ1) is 15.2. The maximum atomic E-state index is 13.5. The third-order valence-corrected chi connectivity index (χ3v) is 3.05. The molecule has 1 heterocycles. The van der Waals surface area contributed by atoms with Crippen molar-refractivity contribution in [3.63, 3.8) is 0 Å². The topological polar surface area (TPSA) is 42.0 Å². The largest absolute Gasteiger partial charge is 0.410 e. The molecule has 0 bridgehead atoms. The second-order valence-electron chi connectivity index (χ2n) is 5.11. The van der Waals surface area contributed by atoms with E-state index < -0.39 is 23.4 Å². The molecule has 0 fully saturated rings. The predicted molar refractivity (Wildman–Crippen MR) is 69.3 cm³/mol. The lowest BCUT2D eigenvalue weighted by Crippen LogP contribution is -2.54. The Kier molecular flexibility index (Phi) is 3.61.